The summed E-state index contributed by atoms with van der Waals surface area (Å²) in [4.78, 5) is 52.6. The molecule has 3 amide bonds. The zero-order chi connectivity index (χ0) is 25.7. The van der Waals surface area contributed by atoms with Crippen molar-refractivity contribution in [2.24, 2.45) is 23.7 Å². The zero-order valence-corrected chi connectivity index (χ0v) is 22.3. The molecule has 1 saturated heterocycles. The molecule has 2 bridgehead atoms. The first-order valence-electron chi connectivity index (χ1n) is 11.7. The van der Waals surface area contributed by atoms with Crippen LogP contribution in [0.2, 0.25) is 0 Å². The molecule has 0 radical (unpaired) electrons. The highest BCUT2D eigenvalue weighted by molar-refractivity contribution is 9.10. The molecule has 188 valence electrons. The number of anilines is 2. The van der Waals surface area contributed by atoms with Gasteiger partial charge in [-0.1, -0.05) is 28.9 Å². The number of nitrogens with one attached hydrogen (secondary N) is 1. The van der Waals surface area contributed by atoms with Crippen LogP contribution in [-0.4, -0.2) is 41.1 Å². The second-order valence-corrected chi connectivity index (χ2v) is 11.3. The third-order valence-electron chi connectivity index (χ3n) is 7.38. The molecule has 2 aromatic rings. The molecular formula is C26H23BrCl2N2O5. The normalized spacial score (nSPS) is 28.4. The summed E-state index contributed by atoms with van der Waals surface area (Å²) in [5, 5.41) is 2.07. The SMILES string of the molecule is CCc1cc(Br)ccc1NC(=O)COC(=O)c1cccc(N2C(=O)[C@@H]3[C@H]4C[C@@H]([C@H](Cl)[C@H]4Cl)[C@@H]3C2=O)c1. The number of halogens is 3. The van der Waals surface area contributed by atoms with Gasteiger partial charge in [0, 0.05) is 10.2 Å². The lowest BCUT2D eigenvalue weighted by molar-refractivity contribution is -0.123. The standard InChI is InChI=1S/C26H23BrCl2N2O5/c1-2-12-8-14(27)6-7-18(12)30-19(32)11-36-26(35)13-4-3-5-15(9-13)31-24(33)20-16-10-17(21(20)25(31)34)23(29)22(16)28/h3-9,16-17,20-23H,2,10-11H2,1H3,(H,30,32)/t16-,17-,20-,21+,22+,23+/m1/s1. The maximum atomic E-state index is 13.2. The number of aryl methyl sites for hydroxylation is 1. The molecule has 3 fully saturated rings. The number of hydrogen-bond donors (Lipinski definition) is 1. The van der Waals surface area contributed by atoms with Crippen molar-refractivity contribution in [2.75, 3.05) is 16.8 Å². The third kappa shape index (κ3) is 4.23. The van der Waals surface area contributed by atoms with Gasteiger partial charge in [-0.05, 0) is 66.6 Å². The summed E-state index contributed by atoms with van der Waals surface area (Å²) < 4.78 is 6.10. The van der Waals surface area contributed by atoms with Crippen molar-refractivity contribution in [1.82, 2.24) is 0 Å². The Morgan fingerprint density at radius 3 is 2.36 bits per heavy atom. The minimum Gasteiger partial charge on any atom is -0.452 e. The van der Waals surface area contributed by atoms with Crippen molar-refractivity contribution in [3.8, 4) is 0 Å². The van der Waals surface area contributed by atoms with Gasteiger partial charge in [-0.15, -0.1) is 23.2 Å². The molecule has 1 N–H and O–H groups in total. The van der Waals surface area contributed by atoms with Crippen LogP contribution < -0.4 is 10.2 Å². The number of alkyl halides is 2. The molecule has 7 nitrogen and oxygen atoms in total. The van der Waals surface area contributed by atoms with Crippen molar-refractivity contribution in [1.29, 1.82) is 0 Å². The van der Waals surface area contributed by atoms with Crippen molar-refractivity contribution in [3.63, 3.8) is 0 Å². The van der Waals surface area contributed by atoms with E-state index in [1.54, 1.807) is 18.2 Å². The fourth-order valence-corrected chi connectivity index (χ4v) is 7.05. The Labute approximate surface area is 226 Å². The van der Waals surface area contributed by atoms with Crippen molar-refractivity contribution >= 4 is 74.2 Å². The van der Waals surface area contributed by atoms with Gasteiger partial charge in [0.15, 0.2) is 6.61 Å². The number of benzene rings is 2. The molecule has 10 heteroatoms. The highest BCUT2D eigenvalue weighted by atomic mass is 79.9. The van der Waals surface area contributed by atoms with E-state index < -0.39 is 30.3 Å². The van der Waals surface area contributed by atoms with Gasteiger partial charge in [-0.25, -0.2) is 4.79 Å². The molecule has 0 unspecified atom stereocenters. The number of hydrogen-bond acceptors (Lipinski definition) is 5. The second kappa shape index (κ2) is 9.80. The molecule has 6 atom stereocenters. The fraction of sp³-hybridized carbons (Fsp3) is 0.385. The average molecular weight is 594 g/mol. The summed E-state index contributed by atoms with van der Waals surface area (Å²) in [5.41, 5.74) is 2.00. The van der Waals surface area contributed by atoms with Crippen LogP contribution in [0.1, 0.15) is 29.3 Å². The quantitative estimate of drug-likeness (QED) is 0.296. The molecule has 0 spiro atoms. The zero-order valence-electron chi connectivity index (χ0n) is 19.2. The molecule has 5 rings (SSSR count). The molecule has 1 heterocycles. The Morgan fingerprint density at radius 1 is 1.06 bits per heavy atom. The summed E-state index contributed by atoms with van der Waals surface area (Å²) in [6.07, 6.45) is 1.40. The molecule has 36 heavy (non-hydrogen) atoms. The smallest absolute Gasteiger partial charge is 0.338 e. The summed E-state index contributed by atoms with van der Waals surface area (Å²) in [5.74, 6) is -3.05. The third-order valence-corrected chi connectivity index (χ3v) is 9.20. The molecule has 2 saturated carbocycles. The number of ether oxygens (including phenoxy) is 1. The second-order valence-electron chi connectivity index (χ2n) is 9.35. The van der Waals surface area contributed by atoms with Crippen molar-refractivity contribution in [2.45, 2.75) is 30.5 Å². The van der Waals surface area contributed by atoms with E-state index in [2.05, 4.69) is 21.2 Å². The monoisotopic (exact) mass is 592 g/mol. The molecule has 2 aromatic carbocycles. The Morgan fingerprint density at radius 2 is 1.72 bits per heavy atom. The van der Waals surface area contributed by atoms with Crippen molar-refractivity contribution < 1.29 is 23.9 Å². The van der Waals surface area contributed by atoms with E-state index in [1.807, 2.05) is 19.1 Å². The van der Waals surface area contributed by atoms with E-state index in [-0.39, 0.29) is 45.7 Å². The first-order chi connectivity index (χ1) is 17.2. The van der Waals surface area contributed by atoms with Crippen LogP contribution in [0.5, 0.6) is 0 Å². The van der Waals surface area contributed by atoms with Crippen LogP contribution in [-0.2, 0) is 25.5 Å². The molecule has 2 aliphatic carbocycles. The number of rotatable bonds is 6. The predicted octanol–water partition coefficient (Wildman–Crippen LogP) is 4.78. The van der Waals surface area contributed by atoms with Gasteiger partial charge in [0.2, 0.25) is 11.8 Å². The van der Waals surface area contributed by atoms with Gasteiger partial charge in [-0.3, -0.25) is 19.3 Å². The van der Waals surface area contributed by atoms with Gasteiger partial charge < -0.3 is 10.1 Å². The van der Waals surface area contributed by atoms with Crippen LogP contribution in [0.25, 0.3) is 0 Å². The number of fused-ring (bicyclic) bond motifs is 5. The van der Waals surface area contributed by atoms with Crippen molar-refractivity contribution in [3.05, 3.63) is 58.1 Å². The Kier molecular flexibility index (Phi) is 6.87. The van der Waals surface area contributed by atoms with E-state index in [0.717, 1.165) is 21.4 Å². The lowest BCUT2D eigenvalue weighted by Crippen LogP contribution is -2.37. The van der Waals surface area contributed by atoms with Gasteiger partial charge in [0.25, 0.3) is 5.91 Å². The fourth-order valence-electron chi connectivity index (χ4n) is 5.75. The lowest BCUT2D eigenvalue weighted by atomic mass is 9.80. The maximum absolute atomic E-state index is 13.2. The van der Waals surface area contributed by atoms with E-state index in [9.17, 15) is 19.2 Å². The predicted molar refractivity (Wildman–Crippen MR) is 139 cm³/mol. The number of imide groups is 1. The number of carbonyl (C=O) groups excluding carboxylic acids is 4. The largest absolute Gasteiger partial charge is 0.452 e. The van der Waals surface area contributed by atoms with E-state index in [4.69, 9.17) is 27.9 Å². The number of carbonyl (C=O) groups is 4. The first-order valence-corrected chi connectivity index (χ1v) is 13.4. The summed E-state index contributed by atoms with van der Waals surface area (Å²) >= 11 is 16.3. The van der Waals surface area contributed by atoms with Gasteiger partial charge in [0.05, 0.1) is 33.8 Å². The number of esters is 1. The molecule has 3 aliphatic rings. The Hall–Kier alpha value is -2.42. The van der Waals surface area contributed by atoms with Crippen LogP contribution in [0.3, 0.4) is 0 Å². The minimum atomic E-state index is -0.737. The summed E-state index contributed by atoms with van der Waals surface area (Å²) in [7, 11) is 0. The molecular weight excluding hydrogens is 571 g/mol. The highest BCUT2D eigenvalue weighted by Gasteiger charge is 2.66. The van der Waals surface area contributed by atoms with Crippen LogP contribution in [0.4, 0.5) is 11.4 Å². The summed E-state index contributed by atoms with van der Waals surface area (Å²) in [6.45, 7) is 1.49. The van der Waals surface area contributed by atoms with Crippen LogP contribution >= 0.6 is 39.1 Å². The number of nitrogens with zero attached hydrogens (tertiary/aromatic N) is 1. The van der Waals surface area contributed by atoms with E-state index in [0.29, 0.717) is 12.1 Å². The van der Waals surface area contributed by atoms with E-state index in [1.165, 1.54) is 12.1 Å². The Balaban J connectivity index is 1.26. The van der Waals surface area contributed by atoms with Crippen LogP contribution in [0.15, 0.2) is 46.9 Å². The van der Waals surface area contributed by atoms with Gasteiger partial charge >= 0.3 is 5.97 Å². The summed E-state index contributed by atoms with van der Waals surface area (Å²) in [6, 6.07) is 11.6. The number of amides is 3. The van der Waals surface area contributed by atoms with Gasteiger partial charge in [-0.2, -0.15) is 0 Å². The molecule has 1 aliphatic heterocycles. The topological polar surface area (TPSA) is 92.8 Å². The van der Waals surface area contributed by atoms with Crippen LogP contribution in [0, 0.1) is 23.7 Å². The maximum Gasteiger partial charge on any atom is 0.338 e. The average Bonchev–Trinajstić information content (AvgIpc) is 3.48. The lowest BCUT2D eigenvalue weighted by Gasteiger charge is -2.28. The Bertz CT molecular complexity index is 1240. The molecule has 0 aromatic heterocycles. The van der Waals surface area contributed by atoms with Gasteiger partial charge in [0.1, 0.15) is 0 Å². The highest BCUT2D eigenvalue weighted by Crippen LogP contribution is 2.59. The van der Waals surface area contributed by atoms with E-state index >= 15 is 0 Å². The first kappa shape index (κ1) is 25.2. The minimum absolute atomic E-state index is 0.128.